The summed E-state index contributed by atoms with van der Waals surface area (Å²) in [5, 5.41) is 3.43. The van der Waals surface area contributed by atoms with Crippen molar-refractivity contribution < 1.29 is 19.0 Å². The van der Waals surface area contributed by atoms with Gasteiger partial charge in [0.05, 0.1) is 19.6 Å². The summed E-state index contributed by atoms with van der Waals surface area (Å²) in [4.78, 5) is 16.1. The Morgan fingerprint density at radius 2 is 1.58 bits per heavy atom. The van der Waals surface area contributed by atoms with Crippen molar-refractivity contribution in [2.75, 3.05) is 27.3 Å². The summed E-state index contributed by atoms with van der Waals surface area (Å²) in [5.74, 6) is 3.24. The van der Waals surface area contributed by atoms with Crippen molar-refractivity contribution in [1.29, 1.82) is 0 Å². The van der Waals surface area contributed by atoms with Gasteiger partial charge in [-0.15, -0.1) is 0 Å². The van der Waals surface area contributed by atoms with Crippen molar-refractivity contribution >= 4 is 5.91 Å². The van der Waals surface area contributed by atoms with Gasteiger partial charge in [-0.05, 0) is 73.2 Å². The van der Waals surface area contributed by atoms with Gasteiger partial charge in [0.2, 0.25) is 5.91 Å². The molecule has 1 aliphatic heterocycles. The molecule has 0 radical (unpaired) electrons. The van der Waals surface area contributed by atoms with Gasteiger partial charge in [0.25, 0.3) is 0 Å². The van der Waals surface area contributed by atoms with Crippen molar-refractivity contribution in [2.45, 2.75) is 56.5 Å². The number of methoxy groups -OCH3 is 2. The van der Waals surface area contributed by atoms with Crippen LogP contribution >= 0.6 is 0 Å². The molecule has 5 rings (SSSR count). The molecule has 0 unspecified atom stereocenters. The molecule has 1 saturated carbocycles. The molecule has 3 aromatic carbocycles. The number of nitrogens with one attached hydrogen (secondary N) is 1. The van der Waals surface area contributed by atoms with Crippen molar-refractivity contribution in [3.8, 4) is 23.0 Å². The Morgan fingerprint density at radius 1 is 0.868 bits per heavy atom. The topological polar surface area (TPSA) is 60.0 Å². The second kappa shape index (κ2) is 11.9. The number of piperidine rings is 1. The highest BCUT2D eigenvalue weighted by Crippen LogP contribution is 2.42. The summed E-state index contributed by atoms with van der Waals surface area (Å²) < 4.78 is 16.8. The van der Waals surface area contributed by atoms with Gasteiger partial charge >= 0.3 is 0 Å². The van der Waals surface area contributed by atoms with Crippen LogP contribution in [0.4, 0.5) is 0 Å². The number of hydrogen-bond acceptors (Lipinski definition) is 5. The first kappa shape index (κ1) is 26.1. The Morgan fingerprint density at radius 3 is 2.26 bits per heavy atom. The van der Waals surface area contributed by atoms with Gasteiger partial charge in [-0.3, -0.25) is 9.69 Å². The first-order chi connectivity index (χ1) is 18.6. The minimum atomic E-state index is -0.411. The zero-order chi connectivity index (χ0) is 26.4. The third-order valence-corrected chi connectivity index (χ3v) is 8.06. The van der Waals surface area contributed by atoms with E-state index in [0.717, 1.165) is 75.2 Å². The molecule has 1 amide bonds. The van der Waals surface area contributed by atoms with Gasteiger partial charge < -0.3 is 19.5 Å². The Kier molecular flexibility index (Phi) is 8.18. The van der Waals surface area contributed by atoms with E-state index in [0.29, 0.717) is 11.5 Å². The lowest BCUT2D eigenvalue weighted by Crippen LogP contribution is -2.50. The minimum Gasteiger partial charge on any atom is -0.497 e. The molecule has 0 bridgehead atoms. The van der Waals surface area contributed by atoms with E-state index in [2.05, 4.69) is 34.5 Å². The largest absolute Gasteiger partial charge is 0.497 e. The number of para-hydroxylation sites is 2. The average molecular weight is 515 g/mol. The predicted octanol–water partition coefficient (Wildman–Crippen LogP) is 6.09. The highest BCUT2D eigenvalue weighted by molar-refractivity contribution is 5.89. The molecule has 2 fully saturated rings. The fourth-order valence-electron chi connectivity index (χ4n) is 5.89. The predicted molar refractivity (Wildman–Crippen MR) is 149 cm³/mol. The molecule has 3 aromatic rings. The second-order valence-electron chi connectivity index (χ2n) is 10.4. The van der Waals surface area contributed by atoms with E-state index in [-0.39, 0.29) is 11.9 Å². The number of rotatable bonds is 9. The van der Waals surface area contributed by atoms with Crippen LogP contribution in [-0.4, -0.2) is 44.2 Å². The summed E-state index contributed by atoms with van der Waals surface area (Å²) in [6.07, 6.45) is 5.94. The number of amides is 1. The summed E-state index contributed by atoms with van der Waals surface area (Å²) in [6, 6.07) is 24.2. The summed E-state index contributed by atoms with van der Waals surface area (Å²) in [5.41, 5.74) is 1.91. The number of likely N-dealkylation sites (tertiary alicyclic amines) is 1. The number of carbonyl (C=O) groups excluding carboxylic acids is 1. The highest BCUT2D eigenvalue weighted by atomic mass is 16.5. The highest BCUT2D eigenvalue weighted by Gasteiger charge is 2.43. The number of hydrogen-bond donors (Lipinski definition) is 1. The molecule has 1 aliphatic carbocycles. The van der Waals surface area contributed by atoms with E-state index in [1.807, 2.05) is 48.5 Å². The molecule has 0 aromatic heterocycles. The van der Waals surface area contributed by atoms with Crippen molar-refractivity contribution in [3.63, 3.8) is 0 Å². The molecular weight excluding hydrogens is 476 g/mol. The Balaban J connectivity index is 1.16. The SMILES string of the molecule is COc1ccc(C2(C(=O)NC3CCN(Cc4cccc(Oc5ccccc5OC)c4)CC3)CCCC2)cc1. The van der Waals surface area contributed by atoms with Gasteiger partial charge in [0.15, 0.2) is 11.5 Å². The molecule has 2 aliphatic rings. The van der Waals surface area contributed by atoms with Crippen LogP contribution in [0.2, 0.25) is 0 Å². The number of ether oxygens (including phenoxy) is 3. The molecule has 200 valence electrons. The molecule has 1 N–H and O–H groups in total. The molecule has 1 heterocycles. The number of benzene rings is 3. The van der Waals surface area contributed by atoms with Crippen LogP contribution in [0.25, 0.3) is 0 Å². The summed E-state index contributed by atoms with van der Waals surface area (Å²) in [7, 11) is 3.32. The minimum absolute atomic E-state index is 0.194. The molecule has 0 spiro atoms. The first-order valence-corrected chi connectivity index (χ1v) is 13.7. The van der Waals surface area contributed by atoms with E-state index in [4.69, 9.17) is 14.2 Å². The van der Waals surface area contributed by atoms with Gasteiger partial charge in [0, 0.05) is 25.7 Å². The summed E-state index contributed by atoms with van der Waals surface area (Å²) >= 11 is 0. The van der Waals surface area contributed by atoms with Crippen LogP contribution in [0, 0.1) is 0 Å². The molecule has 0 atom stereocenters. The normalized spacial score (nSPS) is 17.6. The molecular formula is C32H38N2O4. The van der Waals surface area contributed by atoms with Gasteiger partial charge in [-0.25, -0.2) is 0 Å². The van der Waals surface area contributed by atoms with Crippen LogP contribution in [0.1, 0.15) is 49.7 Å². The van der Waals surface area contributed by atoms with Crippen LogP contribution in [0.5, 0.6) is 23.0 Å². The van der Waals surface area contributed by atoms with Gasteiger partial charge in [-0.1, -0.05) is 49.2 Å². The van der Waals surface area contributed by atoms with Gasteiger partial charge in [0.1, 0.15) is 11.5 Å². The fourth-order valence-corrected chi connectivity index (χ4v) is 5.89. The second-order valence-corrected chi connectivity index (χ2v) is 10.4. The van der Waals surface area contributed by atoms with E-state index < -0.39 is 5.41 Å². The Hall–Kier alpha value is -3.51. The van der Waals surface area contributed by atoms with Crippen molar-refractivity contribution in [2.24, 2.45) is 0 Å². The fraction of sp³-hybridized carbons (Fsp3) is 0.406. The number of nitrogens with zero attached hydrogens (tertiary/aromatic N) is 1. The maximum Gasteiger partial charge on any atom is 0.230 e. The van der Waals surface area contributed by atoms with E-state index >= 15 is 0 Å². The number of carbonyl (C=O) groups is 1. The molecule has 6 nitrogen and oxygen atoms in total. The first-order valence-electron chi connectivity index (χ1n) is 13.7. The lowest BCUT2D eigenvalue weighted by molar-refractivity contribution is -0.127. The van der Waals surface area contributed by atoms with Crippen LogP contribution in [0.3, 0.4) is 0 Å². The van der Waals surface area contributed by atoms with Gasteiger partial charge in [-0.2, -0.15) is 0 Å². The zero-order valence-electron chi connectivity index (χ0n) is 22.4. The zero-order valence-corrected chi connectivity index (χ0v) is 22.4. The van der Waals surface area contributed by atoms with E-state index in [1.165, 1.54) is 5.56 Å². The molecule has 6 heteroatoms. The Bertz CT molecular complexity index is 1210. The standard InChI is InChI=1S/C32H38N2O4/c1-36-27-14-12-25(13-15-27)32(18-5-6-19-32)31(35)33-26-16-20-34(21-17-26)23-24-8-7-9-28(22-24)38-30-11-4-3-10-29(30)37-2/h3-4,7-15,22,26H,5-6,16-21,23H2,1-2H3,(H,33,35). The monoisotopic (exact) mass is 514 g/mol. The van der Waals surface area contributed by atoms with Crippen LogP contribution in [0.15, 0.2) is 72.8 Å². The maximum absolute atomic E-state index is 13.6. The molecule has 38 heavy (non-hydrogen) atoms. The summed E-state index contributed by atoms with van der Waals surface area (Å²) in [6.45, 7) is 2.77. The Labute approximate surface area is 225 Å². The quantitative estimate of drug-likeness (QED) is 0.375. The average Bonchev–Trinajstić information content (AvgIpc) is 3.46. The van der Waals surface area contributed by atoms with E-state index in [9.17, 15) is 4.79 Å². The maximum atomic E-state index is 13.6. The smallest absolute Gasteiger partial charge is 0.230 e. The van der Waals surface area contributed by atoms with E-state index in [1.54, 1.807) is 14.2 Å². The van der Waals surface area contributed by atoms with Crippen molar-refractivity contribution in [1.82, 2.24) is 10.2 Å². The molecule has 1 saturated heterocycles. The third-order valence-electron chi connectivity index (χ3n) is 8.06. The lowest BCUT2D eigenvalue weighted by atomic mass is 9.77. The lowest BCUT2D eigenvalue weighted by Gasteiger charge is -2.35. The van der Waals surface area contributed by atoms with Crippen molar-refractivity contribution in [3.05, 3.63) is 83.9 Å². The van der Waals surface area contributed by atoms with Crippen LogP contribution < -0.4 is 19.5 Å². The van der Waals surface area contributed by atoms with Crippen LogP contribution in [-0.2, 0) is 16.8 Å². The third kappa shape index (κ3) is 5.81.